The fraction of sp³-hybridized carbons (Fsp3) is 0.361. The number of fused-ring (bicyclic) bond motifs is 5. The van der Waals surface area contributed by atoms with E-state index in [9.17, 15) is 14.7 Å². The molecular weight excluding hydrogens is 568 g/mol. The zero-order valence-corrected chi connectivity index (χ0v) is 27.1. The van der Waals surface area contributed by atoms with E-state index < -0.39 is 11.9 Å². The van der Waals surface area contributed by atoms with Gasteiger partial charge in [0.05, 0.1) is 48.4 Å². The summed E-state index contributed by atoms with van der Waals surface area (Å²) in [5.74, 6) is -2.17. The summed E-state index contributed by atoms with van der Waals surface area (Å²) < 4.78 is 10.1. The summed E-state index contributed by atoms with van der Waals surface area (Å²) in [5.41, 5.74) is 12.1. The second kappa shape index (κ2) is 11.3. The van der Waals surface area contributed by atoms with Crippen LogP contribution in [0.25, 0.3) is 12.2 Å². The Morgan fingerprint density at radius 1 is 0.867 bits per heavy atom. The molecule has 2 N–H and O–H groups in total. The molecule has 5 heterocycles. The molecule has 0 saturated heterocycles. The molecule has 0 spiro atoms. The van der Waals surface area contributed by atoms with E-state index in [0.29, 0.717) is 40.4 Å². The first-order chi connectivity index (χ1) is 21.5. The number of hydrogen-bond donors (Lipinski definition) is 2. The van der Waals surface area contributed by atoms with Crippen molar-refractivity contribution in [3.63, 3.8) is 0 Å². The van der Waals surface area contributed by atoms with E-state index in [-0.39, 0.29) is 18.1 Å². The van der Waals surface area contributed by atoms with Gasteiger partial charge >= 0.3 is 11.9 Å². The van der Waals surface area contributed by atoms with Crippen molar-refractivity contribution in [2.75, 3.05) is 14.2 Å². The number of H-pyrrole nitrogens is 1. The van der Waals surface area contributed by atoms with E-state index in [1.807, 2.05) is 26.0 Å². The number of aliphatic hydroxyl groups excluding tert-OH is 1. The number of aliphatic hydroxyl groups is 1. The molecule has 1 aliphatic carbocycles. The van der Waals surface area contributed by atoms with E-state index in [4.69, 9.17) is 24.5 Å². The Balaban J connectivity index is 1.73. The molecule has 5 aliphatic rings. The number of hydrogen-bond acceptors (Lipinski definition) is 8. The molecule has 4 aliphatic heterocycles. The molecule has 1 unspecified atom stereocenters. The number of carbonyl (C=O) groups is 2. The SMILES string of the molecule is CCC1=C(C)C2=NC1=CC1=C(C)C3=C(O)C(C(=O)OC)C(=C4N=C(C=c5[nH]c(c(CC)c5C)=C2)C(C)=C4CCC(=O)OC)C3=N1. The van der Waals surface area contributed by atoms with Crippen molar-refractivity contribution >= 4 is 41.2 Å². The molecule has 0 amide bonds. The Morgan fingerprint density at radius 3 is 2.22 bits per heavy atom. The Kier molecular flexibility index (Phi) is 7.59. The number of methoxy groups -OCH3 is 2. The van der Waals surface area contributed by atoms with Crippen molar-refractivity contribution in [2.45, 2.75) is 67.2 Å². The lowest BCUT2D eigenvalue weighted by molar-refractivity contribution is -0.143. The molecule has 0 saturated carbocycles. The Hall–Kier alpha value is -4.79. The minimum absolute atomic E-state index is 0.114. The van der Waals surface area contributed by atoms with E-state index in [1.165, 1.54) is 19.8 Å². The van der Waals surface area contributed by atoms with E-state index in [0.717, 1.165) is 68.4 Å². The summed E-state index contributed by atoms with van der Waals surface area (Å²) in [7, 11) is 2.67. The number of rotatable bonds is 6. The van der Waals surface area contributed by atoms with E-state index in [1.54, 1.807) is 0 Å². The van der Waals surface area contributed by atoms with Crippen LogP contribution in [-0.4, -0.2) is 53.4 Å². The first kappa shape index (κ1) is 30.2. The minimum Gasteiger partial charge on any atom is -0.510 e. The molecule has 0 aromatic carbocycles. The summed E-state index contributed by atoms with van der Waals surface area (Å²) in [6, 6.07) is 0. The average molecular weight is 607 g/mol. The van der Waals surface area contributed by atoms with Crippen molar-refractivity contribution in [3.8, 4) is 0 Å². The van der Waals surface area contributed by atoms with Crippen LogP contribution in [0.15, 0.2) is 82.9 Å². The number of nitrogens with one attached hydrogen (secondary N) is 1. The molecule has 0 radical (unpaired) electrons. The minimum atomic E-state index is -1.10. The first-order valence-electron chi connectivity index (χ1n) is 15.4. The highest BCUT2D eigenvalue weighted by atomic mass is 16.5. The van der Waals surface area contributed by atoms with Crippen molar-refractivity contribution in [1.29, 1.82) is 0 Å². The van der Waals surface area contributed by atoms with Crippen LogP contribution >= 0.6 is 0 Å². The summed E-state index contributed by atoms with van der Waals surface area (Å²) in [6.45, 7) is 12.3. The maximum atomic E-state index is 13.3. The van der Waals surface area contributed by atoms with Crippen molar-refractivity contribution in [1.82, 2.24) is 4.98 Å². The third-order valence-electron chi connectivity index (χ3n) is 9.54. The number of aliphatic imine (C=N–C) groups is 3. The molecule has 45 heavy (non-hydrogen) atoms. The third-order valence-corrected chi connectivity index (χ3v) is 9.54. The highest BCUT2D eigenvalue weighted by Crippen LogP contribution is 2.47. The number of nitrogens with zero attached hydrogens (tertiary/aromatic N) is 3. The number of carbonyl (C=O) groups excluding carboxylic acids is 2. The van der Waals surface area contributed by atoms with Gasteiger partial charge in [0.15, 0.2) is 0 Å². The van der Waals surface area contributed by atoms with Gasteiger partial charge in [-0.2, -0.15) is 0 Å². The fourth-order valence-electron chi connectivity index (χ4n) is 6.97. The maximum absolute atomic E-state index is 13.3. The molecule has 1 atom stereocenters. The standard InChI is InChI=1S/C36H38N4O5/c1-9-20-16(3)23-13-25-18(5)22(11-12-29(41)44-7)33(39-25)31-32(36(43)45-8)35(42)30-19(6)26(40-34(30)31)15-28-21(10-2)17(4)24(38-28)14-27(20)37-23/h13-15,32,37,42H,9-12H2,1-8H3. The van der Waals surface area contributed by atoms with Gasteiger partial charge in [0.1, 0.15) is 11.7 Å². The van der Waals surface area contributed by atoms with Gasteiger partial charge in [0.25, 0.3) is 0 Å². The number of esters is 2. The molecule has 232 valence electrons. The predicted octanol–water partition coefficient (Wildman–Crippen LogP) is 4.85. The lowest BCUT2D eigenvalue weighted by Gasteiger charge is -2.15. The predicted molar refractivity (Wildman–Crippen MR) is 175 cm³/mol. The second-order valence-electron chi connectivity index (χ2n) is 11.8. The molecule has 6 rings (SSSR count). The average Bonchev–Trinajstić information content (AvgIpc) is 3.76. The van der Waals surface area contributed by atoms with Crippen molar-refractivity contribution in [3.05, 3.63) is 89.8 Å². The van der Waals surface area contributed by atoms with Crippen LogP contribution in [0.2, 0.25) is 0 Å². The van der Waals surface area contributed by atoms with Crippen LogP contribution in [0.5, 0.6) is 0 Å². The van der Waals surface area contributed by atoms with Crippen molar-refractivity contribution in [2.24, 2.45) is 20.9 Å². The molecule has 9 nitrogen and oxygen atoms in total. The second-order valence-corrected chi connectivity index (χ2v) is 11.8. The number of ether oxygens (including phenoxy) is 2. The zero-order valence-electron chi connectivity index (χ0n) is 27.1. The molecule has 1 aromatic rings. The first-order valence-corrected chi connectivity index (χ1v) is 15.4. The van der Waals surface area contributed by atoms with E-state index in [2.05, 4.69) is 38.8 Å². The number of aromatic amines is 1. The molecule has 8 bridgehead atoms. The van der Waals surface area contributed by atoms with Gasteiger partial charge < -0.3 is 19.6 Å². The number of allylic oxidation sites excluding steroid dienone is 7. The van der Waals surface area contributed by atoms with Crippen LogP contribution in [-0.2, 0) is 25.5 Å². The van der Waals surface area contributed by atoms with E-state index >= 15 is 0 Å². The molecule has 1 aromatic heterocycles. The topological polar surface area (TPSA) is 126 Å². The van der Waals surface area contributed by atoms with Gasteiger partial charge in [-0.15, -0.1) is 0 Å². The van der Waals surface area contributed by atoms with Crippen LogP contribution in [0.1, 0.15) is 65.0 Å². The smallest absolute Gasteiger partial charge is 0.321 e. The maximum Gasteiger partial charge on any atom is 0.321 e. The molecule has 0 fully saturated rings. The molecular formula is C36H38N4O5. The van der Waals surface area contributed by atoms with Gasteiger partial charge in [0, 0.05) is 28.3 Å². The van der Waals surface area contributed by atoms with Crippen LogP contribution < -0.4 is 10.7 Å². The van der Waals surface area contributed by atoms with Gasteiger partial charge in [-0.3, -0.25) is 9.59 Å². The monoisotopic (exact) mass is 606 g/mol. The van der Waals surface area contributed by atoms with Crippen molar-refractivity contribution < 1.29 is 24.2 Å². The summed E-state index contributed by atoms with van der Waals surface area (Å²) in [5, 5.41) is 13.5. The Labute approximate surface area is 262 Å². The normalized spacial score (nSPS) is 20.4. The Bertz CT molecular complexity index is 2020. The summed E-state index contributed by atoms with van der Waals surface area (Å²) in [4.78, 5) is 44.4. The Morgan fingerprint density at radius 2 is 1.56 bits per heavy atom. The van der Waals surface area contributed by atoms with Crippen LogP contribution in [0.4, 0.5) is 0 Å². The highest BCUT2D eigenvalue weighted by Gasteiger charge is 2.47. The molecule has 9 heteroatoms. The fourth-order valence-corrected chi connectivity index (χ4v) is 6.97. The van der Waals surface area contributed by atoms with Crippen LogP contribution in [0, 0.1) is 12.8 Å². The van der Waals surface area contributed by atoms with Gasteiger partial charge in [-0.05, 0) is 104 Å². The van der Waals surface area contributed by atoms with Crippen LogP contribution in [0.3, 0.4) is 0 Å². The third kappa shape index (κ3) is 4.64. The summed E-state index contributed by atoms with van der Waals surface area (Å²) in [6.07, 6.45) is 8.20. The van der Waals surface area contributed by atoms with Gasteiger partial charge in [-0.1, -0.05) is 13.8 Å². The number of aromatic nitrogens is 1. The lowest BCUT2D eigenvalue weighted by atomic mass is 9.92. The quantitative estimate of drug-likeness (QED) is 0.448. The van der Waals surface area contributed by atoms with Gasteiger partial charge in [0.2, 0.25) is 0 Å². The largest absolute Gasteiger partial charge is 0.510 e. The van der Waals surface area contributed by atoms with Gasteiger partial charge in [-0.25, -0.2) is 15.0 Å². The lowest BCUT2D eigenvalue weighted by Crippen LogP contribution is -2.21. The zero-order chi connectivity index (χ0) is 32.3. The highest BCUT2D eigenvalue weighted by molar-refractivity contribution is 6.27. The summed E-state index contributed by atoms with van der Waals surface area (Å²) >= 11 is 0.